The first-order valence-corrected chi connectivity index (χ1v) is 6.92. The summed E-state index contributed by atoms with van der Waals surface area (Å²) in [5.74, 6) is 0.573. The van der Waals surface area contributed by atoms with Crippen molar-refractivity contribution in [1.82, 2.24) is 0 Å². The highest BCUT2D eigenvalue weighted by molar-refractivity contribution is 9.10. The zero-order valence-electron chi connectivity index (χ0n) is 10.7. The van der Waals surface area contributed by atoms with E-state index in [2.05, 4.69) is 33.8 Å². The van der Waals surface area contributed by atoms with Crippen molar-refractivity contribution in [3.63, 3.8) is 0 Å². The summed E-state index contributed by atoms with van der Waals surface area (Å²) in [7, 11) is 1.76. The summed E-state index contributed by atoms with van der Waals surface area (Å²) in [5, 5.41) is 9.19. The Morgan fingerprint density at radius 1 is 1.50 bits per heavy atom. The maximum absolute atomic E-state index is 9.19. The number of benzene rings is 1. The first-order valence-electron chi connectivity index (χ1n) is 6.13. The molecule has 1 aliphatic heterocycles. The van der Waals surface area contributed by atoms with Crippen molar-refractivity contribution in [2.24, 2.45) is 5.92 Å². The third-order valence-corrected chi connectivity index (χ3v) is 4.11. The average molecular weight is 309 g/mol. The largest absolute Gasteiger partial charge is 0.379 e. The Morgan fingerprint density at radius 2 is 2.28 bits per heavy atom. The van der Waals surface area contributed by atoms with E-state index in [0.29, 0.717) is 5.92 Å². The van der Waals surface area contributed by atoms with Crippen LogP contribution < -0.4 is 4.90 Å². The molecule has 0 bridgehead atoms. The predicted octanol–water partition coefficient (Wildman–Crippen LogP) is 3.18. The van der Waals surface area contributed by atoms with Gasteiger partial charge in [-0.25, -0.2) is 0 Å². The second-order valence-electron chi connectivity index (χ2n) is 4.76. The van der Waals surface area contributed by atoms with E-state index in [1.807, 2.05) is 18.2 Å². The molecule has 0 amide bonds. The zero-order chi connectivity index (χ0) is 13.1. The molecule has 3 nitrogen and oxygen atoms in total. The van der Waals surface area contributed by atoms with Crippen LogP contribution in [0, 0.1) is 17.2 Å². The van der Waals surface area contributed by atoms with E-state index >= 15 is 0 Å². The minimum atomic E-state index is 0.240. The Hall–Kier alpha value is -1.05. The number of hydrogen-bond acceptors (Lipinski definition) is 3. The van der Waals surface area contributed by atoms with Gasteiger partial charge in [0.25, 0.3) is 0 Å². The van der Waals surface area contributed by atoms with E-state index in [1.165, 1.54) is 0 Å². The van der Waals surface area contributed by atoms with Crippen LogP contribution in [0.4, 0.5) is 5.69 Å². The third-order valence-electron chi connectivity index (χ3n) is 3.61. The summed E-state index contributed by atoms with van der Waals surface area (Å²) < 4.78 is 6.53. The molecule has 0 radical (unpaired) electrons. The summed E-state index contributed by atoms with van der Waals surface area (Å²) in [6.07, 6.45) is 1.33. The Balaban J connectivity index is 2.27. The van der Waals surface area contributed by atoms with Crippen LogP contribution in [0.3, 0.4) is 0 Å². The lowest BCUT2D eigenvalue weighted by Crippen LogP contribution is -2.44. The molecular weight excluding hydrogens is 292 g/mol. The lowest BCUT2D eigenvalue weighted by atomic mass is 9.95. The number of halogens is 1. The van der Waals surface area contributed by atoms with Gasteiger partial charge in [0.1, 0.15) is 6.07 Å². The van der Waals surface area contributed by atoms with Gasteiger partial charge in [0, 0.05) is 24.7 Å². The molecule has 0 aromatic heterocycles. The van der Waals surface area contributed by atoms with E-state index in [0.717, 1.165) is 35.2 Å². The molecule has 1 fully saturated rings. The number of nitrogens with zero attached hydrogens (tertiary/aromatic N) is 2. The molecule has 0 spiro atoms. The van der Waals surface area contributed by atoms with E-state index < -0.39 is 0 Å². The lowest BCUT2D eigenvalue weighted by molar-refractivity contribution is 0.0498. The maximum atomic E-state index is 9.19. The van der Waals surface area contributed by atoms with Gasteiger partial charge in [-0.3, -0.25) is 0 Å². The molecular formula is C14H17BrN2O. The molecule has 4 heteroatoms. The van der Waals surface area contributed by atoms with Gasteiger partial charge >= 0.3 is 0 Å². The minimum Gasteiger partial charge on any atom is -0.379 e. The maximum Gasteiger partial charge on any atom is 0.101 e. The number of ether oxygens (including phenoxy) is 1. The van der Waals surface area contributed by atoms with Gasteiger partial charge in [-0.15, -0.1) is 0 Å². The average Bonchev–Trinajstić information content (AvgIpc) is 2.39. The number of methoxy groups -OCH3 is 1. The van der Waals surface area contributed by atoms with Crippen molar-refractivity contribution >= 4 is 21.6 Å². The Bertz CT molecular complexity index is 469. The van der Waals surface area contributed by atoms with Crippen LogP contribution >= 0.6 is 15.9 Å². The molecule has 0 N–H and O–H groups in total. The van der Waals surface area contributed by atoms with E-state index in [-0.39, 0.29) is 6.10 Å². The minimum absolute atomic E-state index is 0.240. The molecule has 1 aromatic rings. The van der Waals surface area contributed by atoms with Crippen LogP contribution in [-0.4, -0.2) is 26.3 Å². The van der Waals surface area contributed by atoms with Crippen molar-refractivity contribution in [3.05, 3.63) is 28.2 Å². The summed E-state index contributed by atoms with van der Waals surface area (Å²) in [4.78, 5) is 2.25. The fraction of sp³-hybridized carbons (Fsp3) is 0.500. The van der Waals surface area contributed by atoms with Crippen LogP contribution in [0.1, 0.15) is 18.9 Å². The summed E-state index contributed by atoms with van der Waals surface area (Å²) in [5.41, 5.74) is 1.73. The topological polar surface area (TPSA) is 36.3 Å². The van der Waals surface area contributed by atoms with Gasteiger partial charge in [-0.2, -0.15) is 5.26 Å². The number of anilines is 1. The van der Waals surface area contributed by atoms with Gasteiger partial charge in [0.05, 0.1) is 17.4 Å². The molecule has 96 valence electrons. The van der Waals surface area contributed by atoms with E-state index in [1.54, 1.807) is 7.11 Å². The van der Waals surface area contributed by atoms with Crippen LogP contribution in [0.15, 0.2) is 22.7 Å². The molecule has 2 atom stereocenters. The fourth-order valence-electron chi connectivity index (χ4n) is 2.42. The molecule has 1 aliphatic rings. The highest BCUT2D eigenvalue weighted by Gasteiger charge is 2.27. The van der Waals surface area contributed by atoms with Crippen molar-refractivity contribution in [1.29, 1.82) is 5.26 Å². The Morgan fingerprint density at radius 3 is 2.94 bits per heavy atom. The normalized spacial score (nSPS) is 23.8. The van der Waals surface area contributed by atoms with Crippen LogP contribution in [0.2, 0.25) is 0 Å². The molecule has 0 saturated carbocycles. The molecule has 2 unspecified atom stereocenters. The van der Waals surface area contributed by atoms with Crippen molar-refractivity contribution in [3.8, 4) is 6.07 Å². The van der Waals surface area contributed by atoms with E-state index in [4.69, 9.17) is 4.74 Å². The standard InChI is InChI=1S/C14H17BrN2O/c1-10-5-6-17(9-14(10)18-2)13-7-12(15)4-3-11(13)8-16/h3-4,7,10,14H,5-6,9H2,1-2H3. The molecule has 1 saturated heterocycles. The van der Waals surface area contributed by atoms with Crippen LogP contribution in [-0.2, 0) is 4.74 Å². The summed E-state index contributed by atoms with van der Waals surface area (Å²) >= 11 is 3.47. The van der Waals surface area contributed by atoms with E-state index in [9.17, 15) is 5.26 Å². The summed E-state index contributed by atoms with van der Waals surface area (Å²) in [6.45, 7) is 4.05. The van der Waals surface area contributed by atoms with Gasteiger partial charge in [-0.05, 0) is 30.5 Å². The smallest absolute Gasteiger partial charge is 0.101 e. The van der Waals surface area contributed by atoms with Gasteiger partial charge in [0.15, 0.2) is 0 Å². The van der Waals surface area contributed by atoms with Crippen LogP contribution in [0.25, 0.3) is 0 Å². The second-order valence-corrected chi connectivity index (χ2v) is 5.68. The quantitative estimate of drug-likeness (QED) is 0.842. The SMILES string of the molecule is COC1CN(c2cc(Br)ccc2C#N)CCC1C. The lowest BCUT2D eigenvalue weighted by Gasteiger charge is -2.38. The molecule has 18 heavy (non-hydrogen) atoms. The van der Waals surface area contributed by atoms with Gasteiger partial charge < -0.3 is 9.64 Å². The van der Waals surface area contributed by atoms with Crippen molar-refractivity contribution in [2.45, 2.75) is 19.4 Å². The molecule has 0 aliphatic carbocycles. The van der Waals surface area contributed by atoms with Gasteiger partial charge in [0.2, 0.25) is 0 Å². The van der Waals surface area contributed by atoms with Gasteiger partial charge in [-0.1, -0.05) is 22.9 Å². The second kappa shape index (κ2) is 5.73. The first kappa shape index (κ1) is 13.4. The van der Waals surface area contributed by atoms with Crippen molar-refractivity contribution < 1.29 is 4.74 Å². The third kappa shape index (κ3) is 2.68. The van der Waals surface area contributed by atoms with Crippen molar-refractivity contribution in [2.75, 3.05) is 25.1 Å². The highest BCUT2D eigenvalue weighted by atomic mass is 79.9. The highest BCUT2D eigenvalue weighted by Crippen LogP contribution is 2.29. The molecule has 1 aromatic carbocycles. The fourth-order valence-corrected chi connectivity index (χ4v) is 2.77. The predicted molar refractivity (Wildman–Crippen MR) is 75.6 cm³/mol. The van der Waals surface area contributed by atoms with Crippen LogP contribution in [0.5, 0.6) is 0 Å². The number of nitriles is 1. The number of piperidine rings is 1. The number of rotatable bonds is 2. The molecule has 2 rings (SSSR count). The summed E-state index contributed by atoms with van der Waals surface area (Å²) in [6, 6.07) is 8.04. The molecule has 1 heterocycles. The Labute approximate surface area is 116 Å². The first-order chi connectivity index (χ1) is 8.65. The monoisotopic (exact) mass is 308 g/mol. The zero-order valence-corrected chi connectivity index (χ0v) is 12.3. The Kier molecular flexibility index (Phi) is 4.26. The number of hydrogen-bond donors (Lipinski definition) is 0.